The van der Waals surface area contributed by atoms with Gasteiger partial charge in [-0.2, -0.15) is 0 Å². The zero-order chi connectivity index (χ0) is 36.9. The second-order valence-electron chi connectivity index (χ2n) is 14.8. The Balaban J connectivity index is 1.15. The molecule has 0 N–H and O–H groups in total. The van der Waals surface area contributed by atoms with E-state index in [2.05, 4.69) is 190 Å². The number of rotatable bonds is 6. The Morgan fingerprint density at radius 1 is 0.327 bits per heavy atom. The molecule has 0 unspecified atom stereocenters. The third-order valence-corrected chi connectivity index (χ3v) is 11.1. The molecule has 55 heavy (non-hydrogen) atoms. The van der Waals surface area contributed by atoms with Crippen molar-refractivity contribution in [2.75, 3.05) is 0 Å². The van der Waals surface area contributed by atoms with Gasteiger partial charge in [0.1, 0.15) is 0 Å². The molecule has 10 rings (SSSR count). The minimum atomic E-state index is -0.136. The molecule has 0 saturated carbocycles. The van der Waals surface area contributed by atoms with Crippen LogP contribution in [0.5, 0.6) is 0 Å². The highest BCUT2D eigenvalue weighted by Gasteiger charge is 2.37. The molecule has 0 aliphatic heterocycles. The summed E-state index contributed by atoms with van der Waals surface area (Å²) in [7, 11) is 0. The molecule has 0 fully saturated rings. The van der Waals surface area contributed by atoms with E-state index in [9.17, 15) is 0 Å². The SMILES string of the molecule is CC1(C)c2ccccc2-c2cccc(-c3cccc4ccc(-c5nc(-c6cccc(-c7ccccc7)c6)nc(-c6cccc(-c7ccccc7)c6)n5)cc34)c21. The van der Waals surface area contributed by atoms with Crippen LogP contribution < -0.4 is 0 Å². The number of aromatic nitrogens is 3. The average Bonchev–Trinajstić information content (AvgIpc) is 3.50. The van der Waals surface area contributed by atoms with Gasteiger partial charge in [0, 0.05) is 22.1 Å². The van der Waals surface area contributed by atoms with Crippen LogP contribution in [0, 0.1) is 0 Å². The fourth-order valence-electron chi connectivity index (χ4n) is 8.42. The summed E-state index contributed by atoms with van der Waals surface area (Å²) in [4.78, 5) is 15.6. The fourth-order valence-corrected chi connectivity index (χ4v) is 8.42. The lowest BCUT2D eigenvalue weighted by Gasteiger charge is -2.25. The summed E-state index contributed by atoms with van der Waals surface area (Å²) >= 11 is 0. The first-order valence-corrected chi connectivity index (χ1v) is 18.9. The van der Waals surface area contributed by atoms with Crippen LogP contribution in [-0.2, 0) is 5.41 Å². The molecule has 9 aromatic rings. The van der Waals surface area contributed by atoms with Gasteiger partial charge in [-0.1, -0.05) is 184 Å². The smallest absolute Gasteiger partial charge is 0.164 e. The molecule has 0 radical (unpaired) electrons. The van der Waals surface area contributed by atoms with Gasteiger partial charge < -0.3 is 0 Å². The van der Waals surface area contributed by atoms with Crippen molar-refractivity contribution < 1.29 is 0 Å². The molecule has 1 aliphatic carbocycles. The van der Waals surface area contributed by atoms with E-state index in [0.29, 0.717) is 17.5 Å². The molecule has 8 aromatic carbocycles. The van der Waals surface area contributed by atoms with Crippen LogP contribution >= 0.6 is 0 Å². The standard InChI is InChI=1S/C52H37N3/c1-52(2)47-28-10-9-24-43(47)45-27-14-26-44(48(45)52)42-25-13-19-36-29-30-41(33-46(36)42)51-54-49(39-22-11-20-37(31-39)34-15-5-3-6-16-34)53-50(55-51)40-23-12-21-38(32-40)35-17-7-4-8-18-35/h3-33H,1-2H3. The number of fused-ring (bicyclic) bond motifs is 4. The van der Waals surface area contributed by atoms with Crippen LogP contribution in [0.2, 0.25) is 0 Å². The summed E-state index contributed by atoms with van der Waals surface area (Å²) in [6.07, 6.45) is 0. The highest BCUT2D eigenvalue weighted by molar-refractivity contribution is 6.01. The second-order valence-corrected chi connectivity index (χ2v) is 14.8. The third kappa shape index (κ3) is 5.73. The second kappa shape index (κ2) is 13.2. The van der Waals surface area contributed by atoms with E-state index in [1.54, 1.807) is 0 Å². The van der Waals surface area contributed by atoms with Gasteiger partial charge in [0.15, 0.2) is 17.5 Å². The molecular weight excluding hydrogens is 667 g/mol. The molecule has 260 valence electrons. The number of benzene rings is 8. The topological polar surface area (TPSA) is 38.7 Å². The van der Waals surface area contributed by atoms with E-state index in [0.717, 1.165) is 38.9 Å². The molecule has 0 bridgehead atoms. The van der Waals surface area contributed by atoms with Crippen LogP contribution in [-0.4, -0.2) is 15.0 Å². The van der Waals surface area contributed by atoms with Gasteiger partial charge in [-0.15, -0.1) is 0 Å². The van der Waals surface area contributed by atoms with Crippen LogP contribution in [0.15, 0.2) is 188 Å². The number of hydrogen-bond acceptors (Lipinski definition) is 3. The van der Waals surface area contributed by atoms with E-state index in [1.165, 1.54) is 44.2 Å². The summed E-state index contributed by atoms with van der Waals surface area (Å²) in [6, 6.07) is 66.7. The van der Waals surface area contributed by atoms with Crippen molar-refractivity contribution >= 4 is 10.8 Å². The quantitative estimate of drug-likeness (QED) is 0.173. The maximum absolute atomic E-state index is 5.21. The van der Waals surface area contributed by atoms with Crippen molar-refractivity contribution in [2.45, 2.75) is 19.3 Å². The lowest BCUT2D eigenvalue weighted by molar-refractivity contribution is 0.662. The van der Waals surface area contributed by atoms with E-state index in [4.69, 9.17) is 15.0 Å². The third-order valence-electron chi connectivity index (χ3n) is 11.1. The summed E-state index contributed by atoms with van der Waals surface area (Å²) in [5.74, 6) is 1.91. The van der Waals surface area contributed by atoms with Gasteiger partial charge in [0.05, 0.1) is 0 Å². The Bertz CT molecular complexity index is 2790. The summed E-state index contributed by atoms with van der Waals surface area (Å²) in [6.45, 7) is 4.70. The summed E-state index contributed by atoms with van der Waals surface area (Å²) < 4.78 is 0. The molecule has 1 aromatic heterocycles. The molecule has 0 amide bonds. The zero-order valence-corrected chi connectivity index (χ0v) is 30.7. The van der Waals surface area contributed by atoms with Crippen molar-refractivity contribution in [1.82, 2.24) is 15.0 Å². The van der Waals surface area contributed by atoms with E-state index < -0.39 is 0 Å². The first-order chi connectivity index (χ1) is 27.0. The molecule has 1 aliphatic rings. The molecule has 3 nitrogen and oxygen atoms in total. The zero-order valence-electron chi connectivity index (χ0n) is 30.7. The summed E-state index contributed by atoms with van der Waals surface area (Å²) in [5.41, 5.74) is 15.1. The van der Waals surface area contributed by atoms with Crippen molar-refractivity contribution in [3.8, 4) is 78.7 Å². The highest BCUT2D eigenvalue weighted by Crippen LogP contribution is 2.52. The first kappa shape index (κ1) is 32.7. The van der Waals surface area contributed by atoms with E-state index >= 15 is 0 Å². The normalized spacial score (nSPS) is 12.7. The Morgan fingerprint density at radius 3 is 1.38 bits per heavy atom. The predicted molar refractivity (Wildman–Crippen MR) is 228 cm³/mol. The predicted octanol–water partition coefficient (Wildman–Crippen LogP) is 13.3. The Morgan fingerprint density at radius 2 is 0.764 bits per heavy atom. The van der Waals surface area contributed by atoms with Gasteiger partial charge in [-0.05, 0) is 84.6 Å². The van der Waals surface area contributed by atoms with Gasteiger partial charge in [0.2, 0.25) is 0 Å². The monoisotopic (exact) mass is 703 g/mol. The number of hydrogen-bond donors (Lipinski definition) is 0. The van der Waals surface area contributed by atoms with Crippen molar-refractivity contribution in [3.63, 3.8) is 0 Å². The van der Waals surface area contributed by atoms with Crippen molar-refractivity contribution in [2.24, 2.45) is 0 Å². The van der Waals surface area contributed by atoms with Gasteiger partial charge in [-0.25, -0.2) is 15.0 Å². The van der Waals surface area contributed by atoms with E-state index in [1.807, 2.05) is 12.1 Å². The molecule has 0 saturated heterocycles. The van der Waals surface area contributed by atoms with Crippen LogP contribution in [0.3, 0.4) is 0 Å². The van der Waals surface area contributed by atoms with Crippen LogP contribution in [0.4, 0.5) is 0 Å². The van der Waals surface area contributed by atoms with Gasteiger partial charge >= 0.3 is 0 Å². The average molecular weight is 704 g/mol. The molecule has 0 atom stereocenters. The molecule has 1 heterocycles. The lowest BCUT2D eigenvalue weighted by Crippen LogP contribution is -2.16. The van der Waals surface area contributed by atoms with Crippen molar-refractivity contribution in [1.29, 1.82) is 0 Å². The minimum absolute atomic E-state index is 0.136. The van der Waals surface area contributed by atoms with Crippen molar-refractivity contribution in [3.05, 3.63) is 199 Å². The Kier molecular flexibility index (Phi) is 7.81. The highest BCUT2D eigenvalue weighted by atomic mass is 15.0. The van der Waals surface area contributed by atoms with E-state index in [-0.39, 0.29) is 5.41 Å². The fraction of sp³-hybridized carbons (Fsp3) is 0.0577. The molecule has 0 spiro atoms. The van der Waals surface area contributed by atoms with Crippen LogP contribution in [0.25, 0.3) is 89.4 Å². The van der Waals surface area contributed by atoms with Crippen LogP contribution in [0.1, 0.15) is 25.0 Å². The first-order valence-electron chi connectivity index (χ1n) is 18.9. The van der Waals surface area contributed by atoms with Gasteiger partial charge in [0.25, 0.3) is 0 Å². The molecule has 3 heteroatoms. The minimum Gasteiger partial charge on any atom is -0.208 e. The maximum atomic E-state index is 5.21. The lowest BCUT2D eigenvalue weighted by atomic mass is 9.78. The van der Waals surface area contributed by atoms with Gasteiger partial charge in [-0.3, -0.25) is 0 Å². The number of nitrogens with zero attached hydrogens (tertiary/aromatic N) is 3. The molecular formula is C52H37N3. The Labute approximate surface area is 321 Å². The Hall–Kier alpha value is -6.97. The summed E-state index contributed by atoms with van der Waals surface area (Å²) in [5, 5.41) is 2.34. The largest absolute Gasteiger partial charge is 0.208 e. The maximum Gasteiger partial charge on any atom is 0.164 e.